The number of rotatable bonds is 10. The Morgan fingerprint density at radius 1 is 1.28 bits per heavy atom. The highest BCUT2D eigenvalue weighted by atomic mass is 16.2. The second kappa shape index (κ2) is 9.90. The zero-order chi connectivity index (χ0) is 20.8. The maximum atomic E-state index is 12.6. The van der Waals surface area contributed by atoms with Crippen molar-refractivity contribution in [2.24, 2.45) is 11.8 Å². The van der Waals surface area contributed by atoms with Gasteiger partial charge < -0.3 is 15.0 Å². The van der Waals surface area contributed by atoms with E-state index in [1.54, 1.807) is 12.5 Å². The van der Waals surface area contributed by atoms with Gasteiger partial charge in [-0.05, 0) is 50.2 Å². The Labute approximate surface area is 173 Å². The number of carbonyl (C=O) groups excluding carboxylic acids is 2. The Bertz CT molecular complexity index is 839. The summed E-state index contributed by atoms with van der Waals surface area (Å²) in [7, 11) is 0. The van der Waals surface area contributed by atoms with E-state index in [1.807, 2.05) is 23.5 Å². The van der Waals surface area contributed by atoms with Gasteiger partial charge in [0.25, 0.3) is 5.91 Å². The minimum absolute atomic E-state index is 0.0349. The molecule has 0 radical (unpaired) electrons. The first-order valence-corrected chi connectivity index (χ1v) is 11.0. The molecule has 1 saturated carbocycles. The molecule has 29 heavy (non-hydrogen) atoms. The topological polar surface area (TPSA) is 75.5 Å². The van der Waals surface area contributed by atoms with Crippen LogP contribution in [-0.2, 0) is 4.79 Å². The first-order valence-electron chi connectivity index (χ1n) is 11.0. The van der Waals surface area contributed by atoms with Crippen LogP contribution in [0, 0.1) is 18.8 Å². The molecule has 2 N–H and O–H groups in total. The zero-order valence-electron chi connectivity index (χ0n) is 17.9. The van der Waals surface area contributed by atoms with Crippen LogP contribution < -0.4 is 10.6 Å². The van der Waals surface area contributed by atoms with E-state index in [2.05, 4.69) is 29.5 Å². The fourth-order valence-corrected chi connectivity index (χ4v) is 4.19. The van der Waals surface area contributed by atoms with Crippen LogP contribution in [0.1, 0.15) is 74.8 Å². The van der Waals surface area contributed by atoms with Crippen LogP contribution in [0.5, 0.6) is 0 Å². The molecule has 2 aromatic rings. The lowest BCUT2D eigenvalue weighted by molar-refractivity contribution is -0.122. The van der Waals surface area contributed by atoms with Crippen LogP contribution in [0.4, 0.5) is 0 Å². The Hall–Kier alpha value is -2.37. The molecular formula is C23H34N4O2. The molecule has 2 aromatic heterocycles. The number of hydrogen-bond donors (Lipinski definition) is 2. The van der Waals surface area contributed by atoms with Gasteiger partial charge in [-0.1, -0.05) is 33.1 Å². The van der Waals surface area contributed by atoms with Crippen molar-refractivity contribution in [1.82, 2.24) is 20.0 Å². The van der Waals surface area contributed by atoms with Gasteiger partial charge in [0.15, 0.2) is 0 Å². The maximum Gasteiger partial charge on any atom is 0.253 e. The van der Waals surface area contributed by atoms with Crippen molar-refractivity contribution in [3.63, 3.8) is 0 Å². The highest BCUT2D eigenvalue weighted by Crippen LogP contribution is 2.27. The SMILES string of the molecule is CCCCC(CC)CC(=O)NCC1CC(NC(=O)c2ccc3cncn3c2C)C1. The number of nitrogens with one attached hydrogen (secondary N) is 2. The Morgan fingerprint density at radius 3 is 2.79 bits per heavy atom. The fourth-order valence-electron chi connectivity index (χ4n) is 4.19. The number of amides is 2. The monoisotopic (exact) mass is 398 g/mol. The highest BCUT2D eigenvalue weighted by molar-refractivity contribution is 5.95. The molecule has 1 aliphatic rings. The largest absolute Gasteiger partial charge is 0.356 e. The summed E-state index contributed by atoms with van der Waals surface area (Å²) in [6, 6.07) is 3.97. The lowest BCUT2D eigenvalue weighted by Crippen LogP contribution is -2.48. The van der Waals surface area contributed by atoms with Crippen molar-refractivity contribution in [2.75, 3.05) is 6.54 Å². The molecule has 1 unspecified atom stereocenters. The Balaban J connectivity index is 1.39. The zero-order valence-corrected chi connectivity index (χ0v) is 17.9. The summed E-state index contributed by atoms with van der Waals surface area (Å²) in [6.45, 7) is 7.01. The van der Waals surface area contributed by atoms with Gasteiger partial charge in [0.1, 0.15) is 0 Å². The van der Waals surface area contributed by atoms with Crippen molar-refractivity contribution in [3.05, 3.63) is 35.9 Å². The summed E-state index contributed by atoms with van der Waals surface area (Å²) in [5, 5.41) is 6.22. The van der Waals surface area contributed by atoms with Gasteiger partial charge in [-0.2, -0.15) is 0 Å². The van der Waals surface area contributed by atoms with Crippen molar-refractivity contribution in [1.29, 1.82) is 0 Å². The number of aromatic nitrogens is 2. The third-order valence-electron chi connectivity index (χ3n) is 6.26. The van der Waals surface area contributed by atoms with E-state index in [4.69, 9.17) is 0 Å². The van der Waals surface area contributed by atoms with E-state index >= 15 is 0 Å². The van der Waals surface area contributed by atoms with E-state index < -0.39 is 0 Å². The number of fused-ring (bicyclic) bond motifs is 1. The van der Waals surface area contributed by atoms with Crippen LogP contribution >= 0.6 is 0 Å². The summed E-state index contributed by atoms with van der Waals surface area (Å²) in [5.41, 5.74) is 2.57. The average molecular weight is 399 g/mol. The molecular weight excluding hydrogens is 364 g/mol. The second-order valence-corrected chi connectivity index (χ2v) is 8.45. The van der Waals surface area contributed by atoms with Gasteiger partial charge in [-0.25, -0.2) is 4.98 Å². The molecule has 1 atom stereocenters. The standard InChI is InChI=1S/C23H34N4O2/c1-4-6-7-17(5-2)12-22(28)25-13-18-10-19(11-18)26-23(29)21-9-8-20-14-24-15-27(20)16(21)3/h8-9,14-15,17-19H,4-7,10-13H2,1-3H3,(H,25,28)(H,26,29). The molecule has 158 valence electrons. The van der Waals surface area contributed by atoms with Crippen LogP contribution in [-0.4, -0.2) is 33.8 Å². The number of pyridine rings is 1. The van der Waals surface area contributed by atoms with Crippen molar-refractivity contribution < 1.29 is 9.59 Å². The molecule has 3 rings (SSSR count). The van der Waals surface area contributed by atoms with E-state index in [-0.39, 0.29) is 17.9 Å². The molecule has 2 heterocycles. The average Bonchev–Trinajstić information content (AvgIpc) is 3.16. The lowest BCUT2D eigenvalue weighted by Gasteiger charge is -2.36. The predicted molar refractivity (Wildman–Crippen MR) is 115 cm³/mol. The van der Waals surface area contributed by atoms with Crippen molar-refractivity contribution >= 4 is 17.3 Å². The van der Waals surface area contributed by atoms with Crippen LogP contribution in [0.25, 0.3) is 5.52 Å². The normalized spacial score (nSPS) is 19.6. The van der Waals surface area contributed by atoms with Gasteiger partial charge in [-0.15, -0.1) is 0 Å². The Morgan fingerprint density at radius 2 is 2.07 bits per heavy atom. The van der Waals surface area contributed by atoms with Gasteiger partial charge >= 0.3 is 0 Å². The maximum absolute atomic E-state index is 12.6. The fraction of sp³-hybridized carbons (Fsp3) is 0.609. The number of aryl methyl sites for hydroxylation is 1. The minimum atomic E-state index is -0.0349. The molecule has 0 aliphatic heterocycles. The van der Waals surface area contributed by atoms with Crippen LogP contribution in [0.15, 0.2) is 24.7 Å². The Kier molecular flexibility index (Phi) is 7.29. The van der Waals surface area contributed by atoms with Crippen LogP contribution in [0.3, 0.4) is 0 Å². The molecule has 6 heteroatoms. The molecule has 0 bridgehead atoms. The predicted octanol–water partition coefficient (Wildman–Crippen LogP) is 3.87. The summed E-state index contributed by atoms with van der Waals surface area (Å²) in [4.78, 5) is 29.0. The summed E-state index contributed by atoms with van der Waals surface area (Å²) in [5.74, 6) is 1.09. The molecule has 1 fully saturated rings. The summed E-state index contributed by atoms with van der Waals surface area (Å²) in [6.07, 6.45) is 10.6. The molecule has 0 aromatic carbocycles. The van der Waals surface area contributed by atoms with E-state index in [1.165, 1.54) is 12.8 Å². The van der Waals surface area contributed by atoms with Gasteiger partial charge in [0.2, 0.25) is 5.91 Å². The quantitative estimate of drug-likeness (QED) is 0.638. The number of hydrogen-bond acceptors (Lipinski definition) is 3. The van der Waals surface area contributed by atoms with Gasteiger partial charge in [-0.3, -0.25) is 9.59 Å². The highest BCUT2D eigenvalue weighted by Gasteiger charge is 2.31. The third kappa shape index (κ3) is 5.37. The third-order valence-corrected chi connectivity index (χ3v) is 6.26. The van der Waals surface area contributed by atoms with Crippen LogP contribution in [0.2, 0.25) is 0 Å². The first-order chi connectivity index (χ1) is 14.0. The van der Waals surface area contributed by atoms with E-state index in [0.717, 1.165) is 43.4 Å². The molecule has 0 saturated heterocycles. The number of carbonyl (C=O) groups is 2. The number of unbranched alkanes of at least 4 members (excludes halogenated alkanes) is 1. The lowest BCUT2D eigenvalue weighted by atomic mass is 9.80. The smallest absolute Gasteiger partial charge is 0.253 e. The minimum Gasteiger partial charge on any atom is -0.356 e. The summed E-state index contributed by atoms with van der Waals surface area (Å²) < 4.78 is 1.93. The molecule has 1 aliphatic carbocycles. The number of imidazole rings is 1. The van der Waals surface area contributed by atoms with E-state index in [9.17, 15) is 9.59 Å². The van der Waals surface area contributed by atoms with Crippen molar-refractivity contribution in [2.45, 2.75) is 71.8 Å². The van der Waals surface area contributed by atoms with Crippen molar-refractivity contribution in [3.8, 4) is 0 Å². The first kappa shape index (κ1) is 21.3. The molecule has 6 nitrogen and oxygen atoms in total. The van der Waals surface area contributed by atoms with E-state index in [0.29, 0.717) is 23.8 Å². The van der Waals surface area contributed by atoms with Gasteiger partial charge in [0, 0.05) is 24.7 Å². The van der Waals surface area contributed by atoms with Gasteiger partial charge in [0.05, 0.1) is 23.6 Å². The number of nitrogens with zero attached hydrogens (tertiary/aromatic N) is 2. The second-order valence-electron chi connectivity index (χ2n) is 8.45. The summed E-state index contributed by atoms with van der Waals surface area (Å²) >= 11 is 0. The molecule has 0 spiro atoms. The molecule has 2 amide bonds.